The SMILES string of the molecule is CCCN1/C(=C/C=C/C=C2C(=O)N(c3cccc(N)c3)C(=S)N(c3cccc(N)c3)C2=O)C(C)(C)c2cc(S(=O)(=O)O)ccc21. The predicted molar refractivity (Wildman–Crippen MR) is 182 cm³/mol. The maximum Gasteiger partial charge on any atom is 0.294 e. The third kappa shape index (κ3) is 5.87. The molecule has 1 fully saturated rings. The Morgan fingerprint density at radius 1 is 0.867 bits per heavy atom. The van der Waals surface area contributed by atoms with E-state index in [0.29, 0.717) is 29.3 Å². The van der Waals surface area contributed by atoms with Crippen molar-refractivity contribution in [3.63, 3.8) is 0 Å². The first-order valence-electron chi connectivity index (χ1n) is 14.2. The van der Waals surface area contributed by atoms with Crippen LogP contribution < -0.4 is 26.2 Å². The highest BCUT2D eigenvalue weighted by atomic mass is 32.2. The summed E-state index contributed by atoms with van der Waals surface area (Å²) in [6.07, 6.45) is 7.47. The van der Waals surface area contributed by atoms with Crippen molar-refractivity contribution in [3.8, 4) is 0 Å². The molecule has 1 saturated heterocycles. The van der Waals surface area contributed by atoms with E-state index < -0.39 is 27.3 Å². The van der Waals surface area contributed by atoms with Crippen LogP contribution in [0.25, 0.3) is 0 Å². The third-order valence-electron chi connectivity index (χ3n) is 7.74. The third-order valence-corrected chi connectivity index (χ3v) is 8.96. The summed E-state index contributed by atoms with van der Waals surface area (Å²) in [7, 11) is -4.38. The van der Waals surface area contributed by atoms with Gasteiger partial charge >= 0.3 is 0 Å². The minimum atomic E-state index is -4.38. The average Bonchev–Trinajstić information content (AvgIpc) is 3.17. The molecule has 3 aromatic carbocycles. The molecule has 3 aromatic rings. The molecule has 0 bridgehead atoms. The fraction of sp³-hybridized carbons (Fsp3) is 0.182. The van der Waals surface area contributed by atoms with E-state index in [1.165, 1.54) is 28.0 Å². The standard InChI is InChI=1S/C33H33N5O5S2/c1-4-17-36-28-16-15-25(45(41,42)43)20-27(28)33(2,3)29(36)14-6-5-13-26-30(39)37(23-11-7-9-21(34)18-23)32(44)38(31(26)40)24-12-8-10-22(35)19-24/h5-16,18-20H,4,17,34-35H2,1-3H3,(H,41,42,43)/b6-5+,29-14+. The summed E-state index contributed by atoms with van der Waals surface area (Å²) in [6.45, 7) is 6.64. The van der Waals surface area contributed by atoms with Gasteiger partial charge in [-0.2, -0.15) is 8.42 Å². The molecule has 0 radical (unpaired) electrons. The maximum absolute atomic E-state index is 13.8. The van der Waals surface area contributed by atoms with Crippen molar-refractivity contribution in [2.24, 2.45) is 0 Å². The van der Waals surface area contributed by atoms with Crippen LogP contribution in [0.5, 0.6) is 0 Å². The number of carbonyl (C=O) groups is 2. The molecule has 2 aliphatic heterocycles. The van der Waals surface area contributed by atoms with Crippen molar-refractivity contribution in [3.05, 3.63) is 108 Å². The van der Waals surface area contributed by atoms with Gasteiger partial charge in [0, 0.05) is 34.7 Å². The Morgan fingerprint density at radius 2 is 1.42 bits per heavy atom. The number of benzene rings is 3. The molecule has 10 nitrogen and oxygen atoms in total. The minimum Gasteiger partial charge on any atom is -0.399 e. The molecular weight excluding hydrogens is 611 g/mol. The Morgan fingerprint density at radius 3 is 1.93 bits per heavy atom. The molecule has 0 aliphatic carbocycles. The Kier molecular flexibility index (Phi) is 8.41. The molecule has 0 spiro atoms. The van der Waals surface area contributed by atoms with Crippen LogP contribution in [0.4, 0.5) is 28.4 Å². The molecule has 2 aliphatic rings. The summed E-state index contributed by atoms with van der Waals surface area (Å²) >= 11 is 5.66. The molecule has 0 aromatic heterocycles. The quantitative estimate of drug-likeness (QED) is 0.102. The Balaban J connectivity index is 1.55. The van der Waals surface area contributed by atoms with Crippen molar-refractivity contribution in [2.45, 2.75) is 37.5 Å². The summed E-state index contributed by atoms with van der Waals surface area (Å²) in [5.74, 6) is -1.21. The molecule has 232 valence electrons. The lowest BCUT2D eigenvalue weighted by Gasteiger charge is -2.36. The highest BCUT2D eigenvalue weighted by Crippen LogP contribution is 2.48. The molecule has 0 unspecified atom stereocenters. The fourth-order valence-electron chi connectivity index (χ4n) is 5.61. The predicted octanol–water partition coefficient (Wildman–Crippen LogP) is 5.34. The van der Waals surface area contributed by atoms with Crippen LogP contribution in [0.3, 0.4) is 0 Å². The number of carbonyl (C=O) groups excluding carboxylic acids is 2. The minimum absolute atomic E-state index is 0.0330. The second-order valence-corrected chi connectivity index (χ2v) is 13.0. The number of nitrogens with zero attached hydrogens (tertiary/aromatic N) is 3. The number of amides is 2. The largest absolute Gasteiger partial charge is 0.399 e. The molecule has 0 saturated carbocycles. The van der Waals surface area contributed by atoms with Gasteiger partial charge < -0.3 is 16.4 Å². The summed E-state index contributed by atoms with van der Waals surface area (Å²) < 4.78 is 33.3. The van der Waals surface area contributed by atoms with Crippen LogP contribution in [0.15, 0.2) is 107 Å². The fourth-order valence-corrected chi connectivity index (χ4v) is 6.49. The number of nitrogen functional groups attached to an aromatic ring is 2. The normalized spacial score (nSPS) is 17.5. The van der Waals surface area contributed by atoms with Crippen LogP contribution in [0.2, 0.25) is 0 Å². The van der Waals surface area contributed by atoms with E-state index >= 15 is 0 Å². The number of thiocarbonyl (C=S) groups is 1. The van der Waals surface area contributed by atoms with E-state index in [1.54, 1.807) is 66.7 Å². The van der Waals surface area contributed by atoms with E-state index in [0.717, 1.165) is 23.4 Å². The zero-order chi connectivity index (χ0) is 32.7. The number of hydrogen-bond donors (Lipinski definition) is 3. The monoisotopic (exact) mass is 643 g/mol. The number of allylic oxidation sites excluding steroid dienone is 5. The number of nitrogens with two attached hydrogens (primary N) is 2. The van der Waals surface area contributed by atoms with Gasteiger partial charge in [-0.15, -0.1) is 0 Å². The molecule has 2 amide bonds. The van der Waals surface area contributed by atoms with Gasteiger partial charge in [-0.25, -0.2) is 0 Å². The highest BCUT2D eigenvalue weighted by molar-refractivity contribution is 7.85. The number of rotatable bonds is 7. The van der Waals surface area contributed by atoms with Crippen molar-refractivity contribution in [1.29, 1.82) is 0 Å². The van der Waals surface area contributed by atoms with Gasteiger partial charge in [0.1, 0.15) is 5.57 Å². The van der Waals surface area contributed by atoms with Gasteiger partial charge in [0.15, 0.2) is 5.11 Å². The van der Waals surface area contributed by atoms with Crippen LogP contribution in [0.1, 0.15) is 32.8 Å². The van der Waals surface area contributed by atoms with Gasteiger partial charge in [-0.3, -0.25) is 23.9 Å². The molecule has 5 N–H and O–H groups in total. The number of fused-ring (bicyclic) bond motifs is 1. The summed E-state index contributed by atoms with van der Waals surface area (Å²) in [5, 5.41) is -0.0330. The van der Waals surface area contributed by atoms with Gasteiger partial charge in [-0.05, 0) is 91.0 Å². The Bertz CT molecular complexity index is 1860. The zero-order valence-electron chi connectivity index (χ0n) is 25.0. The summed E-state index contributed by atoms with van der Waals surface area (Å²) in [4.78, 5) is 32.0. The van der Waals surface area contributed by atoms with Crippen molar-refractivity contribution in [1.82, 2.24) is 0 Å². The molecule has 0 atom stereocenters. The number of anilines is 5. The first-order chi connectivity index (χ1) is 21.3. The first-order valence-corrected chi connectivity index (χ1v) is 16.0. The Labute approximate surface area is 267 Å². The van der Waals surface area contributed by atoms with E-state index in [1.807, 2.05) is 26.8 Å². The van der Waals surface area contributed by atoms with E-state index in [2.05, 4.69) is 4.90 Å². The summed E-state index contributed by atoms with van der Waals surface area (Å²) in [6, 6.07) is 17.9. The number of hydrogen-bond acceptors (Lipinski definition) is 8. The van der Waals surface area contributed by atoms with Gasteiger partial charge in [0.2, 0.25) is 0 Å². The molecule has 12 heteroatoms. The Hall–Kier alpha value is -4.78. The first kappa shape index (κ1) is 31.6. The zero-order valence-corrected chi connectivity index (χ0v) is 26.6. The van der Waals surface area contributed by atoms with Crippen LogP contribution in [-0.4, -0.2) is 36.4 Å². The van der Waals surface area contributed by atoms with E-state index in [4.69, 9.17) is 23.7 Å². The van der Waals surface area contributed by atoms with Crippen LogP contribution >= 0.6 is 12.2 Å². The molecule has 45 heavy (non-hydrogen) atoms. The van der Waals surface area contributed by atoms with E-state index in [-0.39, 0.29) is 15.6 Å². The van der Waals surface area contributed by atoms with Gasteiger partial charge in [-0.1, -0.05) is 45.1 Å². The lowest BCUT2D eigenvalue weighted by Crippen LogP contribution is -2.57. The van der Waals surface area contributed by atoms with Crippen LogP contribution in [0, 0.1) is 0 Å². The second kappa shape index (κ2) is 12.0. The average molecular weight is 644 g/mol. The molecule has 5 rings (SSSR count). The smallest absolute Gasteiger partial charge is 0.294 e. The topological polar surface area (TPSA) is 150 Å². The lowest BCUT2D eigenvalue weighted by molar-refractivity contribution is -0.120. The van der Waals surface area contributed by atoms with Crippen molar-refractivity contribution < 1.29 is 22.6 Å². The van der Waals surface area contributed by atoms with Crippen LogP contribution in [-0.2, 0) is 25.1 Å². The maximum atomic E-state index is 13.8. The molecule has 2 heterocycles. The van der Waals surface area contributed by atoms with Gasteiger partial charge in [0.05, 0.1) is 16.3 Å². The van der Waals surface area contributed by atoms with E-state index in [9.17, 15) is 22.6 Å². The summed E-state index contributed by atoms with van der Waals surface area (Å²) in [5.41, 5.74) is 15.4. The second-order valence-electron chi connectivity index (χ2n) is 11.2. The highest BCUT2D eigenvalue weighted by Gasteiger charge is 2.42. The van der Waals surface area contributed by atoms with Gasteiger partial charge in [0.25, 0.3) is 21.9 Å². The van der Waals surface area contributed by atoms with Crippen molar-refractivity contribution >= 4 is 67.7 Å². The lowest BCUT2D eigenvalue weighted by atomic mass is 9.83. The molecular formula is C33H33N5O5S2. The van der Waals surface area contributed by atoms with Crippen molar-refractivity contribution in [2.75, 3.05) is 32.7 Å².